The average molecular weight is 375 g/mol. The van der Waals surface area contributed by atoms with Crippen molar-refractivity contribution in [1.29, 1.82) is 0 Å². The van der Waals surface area contributed by atoms with E-state index in [1.165, 1.54) is 0 Å². The van der Waals surface area contributed by atoms with Crippen molar-refractivity contribution in [2.45, 2.75) is 18.6 Å². The number of hydrogen-bond acceptors (Lipinski definition) is 2. The molecule has 0 spiro atoms. The van der Waals surface area contributed by atoms with Crippen LogP contribution in [0.4, 0.5) is 17.6 Å². The minimum atomic E-state index is -4.56. The summed E-state index contributed by atoms with van der Waals surface area (Å²) in [5, 5.41) is 3.14. The van der Waals surface area contributed by atoms with E-state index in [2.05, 4.69) is 11.9 Å². The summed E-state index contributed by atoms with van der Waals surface area (Å²) in [6.07, 6.45) is -2.74. The number of benzene rings is 1. The van der Waals surface area contributed by atoms with Gasteiger partial charge in [0, 0.05) is 37.8 Å². The summed E-state index contributed by atoms with van der Waals surface area (Å²) >= 11 is 0. The van der Waals surface area contributed by atoms with Gasteiger partial charge >= 0.3 is 6.18 Å². The highest BCUT2D eigenvalue weighted by molar-refractivity contribution is 5.85. The summed E-state index contributed by atoms with van der Waals surface area (Å²) in [5.41, 5.74) is -1.17. The van der Waals surface area contributed by atoms with Gasteiger partial charge in [-0.25, -0.2) is 4.39 Å². The molecule has 132 valence electrons. The van der Waals surface area contributed by atoms with Crippen LogP contribution in [-0.4, -0.2) is 31.1 Å². The van der Waals surface area contributed by atoms with Crippen LogP contribution in [0.3, 0.4) is 0 Å². The first-order valence-electron chi connectivity index (χ1n) is 6.86. The Hall–Kier alpha value is -0.820. The number of nitrogens with zero attached hydrogens (tertiary/aromatic N) is 1. The zero-order valence-corrected chi connectivity index (χ0v) is 14.0. The minimum Gasteiger partial charge on any atom is -0.314 e. The third-order valence-corrected chi connectivity index (χ3v) is 3.67. The second-order valence-corrected chi connectivity index (χ2v) is 5.02. The van der Waals surface area contributed by atoms with Crippen molar-refractivity contribution >= 4 is 24.8 Å². The second kappa shape index (κ2) is 9.47. The molecule has 1 aromatic rings. The van der Waals surface area contributed by atoms with Crippen LogP contribution in [0, 0.1) is 5.82 Å². The fourth-order valence-corrected chi connectivity index (χ4v) is 2.72. The molecule has 1 saturated heterocycles. The van der Waals surface area contributed by atoms with E-state index < -0.39 is 23.6 Å². The SMILES string of the molecule is C=CC[C@@H](c1c(F)cccc1C(F)(F)F)N1CCNCC1.Cl.Cl. The van der Waals surface area contributed by atoms with Gasteiger partial charge in [-0.2, -0.15) is 13.2 Å². The minimum absolute atomic E-state index is 0. The Kier molecular flexibility index (Phi) is 9.13. The zero-order valence-electron chi connectivity index (χ0n) is 12.4. The number of piperazine rings is 1. The summed E-state index contributed by atoms with van der Waals surface area (Å²) in [6, 6.07) is 2.49. The quantitative estimate of drug-likeness (QED) is 0.627. The van der Waals surface area contributed by atoms with E-state index in [0.717, 1.165) is 18.2 Å². The molecule has 1 fully saturated rings. The lowest BCUT2D eigenvalue weighted by molar-refractivity contribution is -0.139. The van der Waals surface area contributed by atoms with Crippen LogP contribution in [0.2, 0.25) is 0 Å². The van der Waals surface area contributed by atoms with Crippen LogP contribution in [0.5, 0.6) is 0 Å². The fraction of sp³-hybridized carbons (Fsp3) is 0.467. The lowest BCUT2D eigenvalue weighted by atomic mass is 9.95. The molecule has 0 amide bonds. The number of rotatable bonds is 4. The third-order valence-electron chi connectivity index (χ3n) is 3.67. The monoisotopic (exact) mass is 374 g/mol. The van der Waals surface area contributed by atoms with Gasteiger partial charge in [-0.05, 0) is 18.6 Å². The Morgan fingerprint density at radius 2 is 1.83 bits per heavy atom. The first kappa shape index (κ1) is 22.2. The molecule has 0 unspecified atom stereocenters. The molecule has 0 aliphatic carbocycles. The average Bonchev–Trinajstić information content (AvgIpc) is 2.45. The number of nitrogens with one attached hydrogen (secondary N) is 1. The Morgan fingerprint density at radius 1 is 1.22 bits per heavy atom. The summed E-state index contributed by atoms with van der Waals surface area (Å²) < 4.78 is 53.7. The van der Waals surface area contributed by atoms with Crippen LogP contribution in [0.25, 0.3) is 0 Å². The van der Waals surface area contributed by atoms with Gasteiger partial charge in [-0.15, -0.1) is 31.4 Å². The van der Waals surface area contributed by atoms with E-state index >= 15 is 0 Å². The van der Waals surface area contributed by atoms with E-state index in [9.17, 15) is 17.6 Å². The van der Waals surface area contributed by atoms with Gasteiger partial charge < -0.3 is 5.32 Å². The molecule has 2 rings (SSSR count). The van der Waals surface area contributed by atoms with Crippen LogP contribution < -0.4 is 5.32 Å². The Morgan fingerprint density at radius 3 is 2.35 bits per heavy atom. The topological polar surface area (TPSA) is 15.3 Å². The predicted molar refractivity (Wildman–Crippen MR) is 87.9 cm³/mol. The number of halogens is 6. The molecule has 0 bridgehead atoms. The highest BCUT2D eigenvalue weighted by Gasteiger charge is 2.38. The largest absolute Gasteiger partial charge is 0.416 e. The normalized spacial score (nSPS) is 16.9. The second-order valence-electron chi connectivity index (χ2n) is 5.02. The summed E-state index contributed by atoms with van der Waals surface area (Å²) in [5.74, 6) is -0.810. The Balaban J connectivity index is 0.00000242. The highest BCUT2D eigenvalue weighted by Crippen LogP contribution is 2.39. The van der Waals surface area contributed by atoms with Crippen molar-refractivity contribution < 1.29 is 17.6 Å². The van der Waals surface area contributed by atoms with Gasteiger partial charge in [0.15, 0.2) is 0 Å². The van der Waals surface area contributed by atoms with Crippen molar-refractivity contribution in [3.8, 4) is 0 Å². The van der Waals surface area contributed by atoms with Crippen LogP contribution in [0.1, 0.15) is 23.6 Å². The summed E-state index contributed by atoms with van der Waals surface area (Å²) in [6.45, 7) is 6.14. The fourth-order valence-electron chi connectivity index (χ4n) is 2.72. The molecule has 23 heavy (non-hydrogen) atoms. The molecule has 2 nitrogen and oxygen atoms in total. The van der Waals surface area contributed by atoms with Gasteiger partial charge in [0.2, 0.25) is 0 Å². The van der Waals surface area contributed by atoms with E-state index in [4.69, 9.17) is 0 Å². The standard InChI is InChI=1S/C15H18F4N2.2ClH/c1-2-4-13(21-9-7-20-8-10-21)14-11(15(17,18)19)5-3-6-12(14)16;;/h2-3,5-6,13,20H,1,4,7-10H2;2*1H/t13-;;/m0../s1. The Bertz CT molecular complexity index is 503. The van der Waals surface area contributed by atoms with Crippen molar-refractivity contribution in [2.75, 3.05) is 26.2 Å². The van der Waals surface area contributed by atoms with Crippen LogP contribution in [-0.2, 0) is 6.18 Å². The van der Waals surface area contributed by atoms with Crippen LogP contribution in [0.15, 0.2) is 30.9 Å². The molecule has 0 radical (unpaired) electrons. The lowest BCUT2D eigenvalue weighted by Gasteiger charge is -2.36. The van der Waals surface area contributed by atoms with Crippen molar-refractivity contribution in [2.24, 2.45) is 0 Å². The molecule has 0 aromatic heterocycles. The molecular weight excluding hydrogens is 355 g/mol. The lowest BCUT2D eigenvalue weighted by Crippen LogP contribution is -2.45. The van der Waals surface area contributed by atoms with E-state index in [-0.39, 0.29) is 36.8 Å². The van der Waals surface area contributed by atoms with Gasteiger partial charge in [-0.1, -0.05) is 12.1 Å². The number of alkyl halides is 3. The van der Waals surface area contributed by atoms with Crippen molar-refractivity contribution in [3.05, 3.63) is 47.8 Å². The number of hydrogen-bond donors (Lipinski definition) is 1. The molecule has 1 aliphatic rings. The van der Waals surface area contributed by atoms with E-state index in [0.29, 0.717) is 26.2 Å². The third kappa shape index (κ3) is 5.35. The van der Waals surface area contributed by atoms with Gasteiger partial charge in [0.25, 0.3) is 0 Å². The molecule has 1 heterocycles. The highest BCUT2D eigenvalue weighted by atomic mass is 35.5. The maximum Gasteiger partial charge on any atom is 0.416 e. The smallest absolute Gasteiger partial charge is 0.314 e. The predicted octanol–water partition coefficient (Wildman–Crippen LogP) is 4.21. The summed E-state index contributed by atoms with van der Waals surface area (Å²) in [4.78, 5) is 1.88. The van der Waals surface area contributed by atoms with E-state index in [1.807, 2.05) is 4.90 Å². The van der Waals surface area contributed by atoms with Gasteiger partial charge in [0.05, 0.1) is 5.56 Å². The summed E-state index contributed by atoms with van der Waals surface area (Å²) in [7, 11) is 0. The molecule has 0 saturated carbocycles. The Labute approximate surface area is 145 Å². The van der Waals surface area contributed by atoms with Crippen LogP contribution >= 0.6 is 24.8 Å². The van der Waals surface area contributed by atoms with Crippen molar-refractivity contribution in [1.82, 2.24) is 10.2 Å². The molecule has 1 aromatic carbocycles. The van der Waals surface area contributed by atoms with E-state index in [1.54, 1.807) is 6.08 Å². The molecular formula is C15H20Cl2F4N2. The molecule has 1 N–H and O–H groups in total. The van der Waals surface area contributed by atoms with Gasteiger partial charge in [0.1, 0.15) is 5.82 Å². The zero-order chi connectivity index (χ0) is 15.5. The first-order chi connectivity index (χ1) is 9.95. The maximum absolute atomic E-state index is 14.1. The van der Waals surface area contributed by atoms with Crippen molar-refractivity contribution in [3.63, 3.8) is 0 Å². The first-order valence-corrected chi connectivity index (χ1v) is 6.86. The molecule has 1 atom stereocenters. The van der Waals surface area contributed by atoms with Gasteiger partial charge in [-0.3, -0.25) is 4.90 Å². The maximum atomic E-state index is 14.1. The molecule has 1 aliphatic heterocycles. The molecule has 8 heteroatoms.